The Morgan fingerprint density at radius 2 is 1.64 bits per heavy atom. The van der Waals surface area contributed by atoms with E-state index in [1.54, 1.807) is 6.08 Å². The monoisotopic (exact) mass is 443 g/mol. The largest absolute Gasteiger partial charge is 0.483 e. The van der Waals surface area contributed by atoms with Gasteiger partial charge in [-0.3, -0.25) is 4.79 Å². The lowest BCUT2D eigenvalue weighted by molar-refractivity contribution is -0.122. The van der Waals surface area contributed by atoms with E-state index >= 15 is 0 Å². The van der Waals surface area contributed by atoms with Crippen LogP contribution in [0.1, 0.15) is 51.1 Å². The number of rotatable bonds is 8. The van der Waals surface area contributed by atoms with Gasteiger partial charge in [-0.05, 0) is 48.2 Å². The molecule has 1 aromatic heterocycles. The minimum atomic E-state index is -0.250. The lowest BCUT2D eigenvalue weighted by Crippen LogP contribution is -2.03. The molecule has 3 nitrogen and oxygen atoms in total. The van der Waals surface area contributed by atoms with Crippen LogP contribution in [0.4, 0.5) is 0 Å². The first-order valence-corrected chi connectivity index (χ1v) is 11.6. The zero-order valence-electron chi connectivity index (χ0n) is 20.4. The van der Waals surface area contributed by atoms with Crippen LogP contribution in [0.5, 0.6) is 0 Å². The lowest BCUT2D eigenvalue weighted by Gasteiger charge is -2.14. The highest BCUT2D eigenvalue weighted by molar-refractivity contribution is 5.72. The van der Waals surface area contributed by atoms with Gasteiger partial charge in [0.1, 0.15) is 0 Å². The smallest absolute Gasteiger partial charge is 0.290 e. The first-order valence-electron chi connectivity index (χ1n) is 11.6. The average molecular weight is 444 g/mol. The maximum absolute atomic E-state index is 8.36. The first-order chi connectivity index (χ1) is 16.2. The Balaban J connectivity index is 0.00000101. The molecule has 0 radical (unpaired) electrons. The van der Waals surface area contributed by atoms with E-state index in [1.165, 1.54) is 33.8 Å². The molecule has 0 saturated carbocycles. The second kappa shape index (κ2) is 16.1. The summed E-state index contributed by atoms with van der Waals surface area (Å²) in [4.78, 5) is 8.36. The summed E-state index contributed by atoms with van der Waals surface area (Å²) in [5.41, 5.74) is 7.72. The Kier molecular flexibility index (Phi) is 13.4. The van der Waals surface area contributed by atoms with Gasteiger partial charge in [0.2, 0.25) is 0 Å². The molecule has 2 aromatic carbocycles. The molecule has 0 bridgehead atoms. The Bertz CT molecular complexity index is 1030. The predicted molar refractivity (Wildman–Crippen MR) is 143 cm³/mol. The van der Waals surface area contributed by atoms with Crippen molar-refractivity contribution in [2.75, 3.05) is 0 Å². The van der Waals surface area contributed by atoms with Gasteiger partial charge in [-0.1, -0.05) is 107 Å². The maximum Gasteiger partial charge on any atom is 0.290 e. The summed E-state index contributed by atoms with van der Waals surface area (Å²) < 4.78 is 2.40. The summed E-state index contributed by atoms with van der Waals surface area (Å²) in [6.45, 7) is 12.0. The van der Waals surface area contributed by atoms with E-state index in [0.717, 1.165) is 19.3 Å². The molecule has 0 saturated heterocycles. The Hall–Kier alpha value is -3.59. The zero-order valence-corrected chi connectivity index (χ0v) is 20.4. The van der Waals surface area contributed by atoms with Crippen molar-refractivity contribution in [2.24, 2.45) is 0 Å². The normalized spacial score (nSPS) is 10.3. The quantitative estimate of drug-likeness (QED) is 0.282. The standard InChI is InChI=1S/C27H29N.C2H6.CH2O2/c1-4-7-8-12-18-25-21-26(23-16-10-9-11-17-23)27(6-3)28(25)24-19-13-15-22(20-24)14-5-2;1-2;2-1-3/h4,7-13,15-21H,1,5-6,14H2,2-3H3;1-2H3;1H,(H,2,3)/b8-7-,18-12+;;. The fourth-order valence-corrected chi connectivity index (χ4v) is 3.65. The highest BCUT2D eigenvalue weighted by atomic mass is 16.3. The van der Waals surface area contributed by atoms with Crippen LogP contribution in [-0.4, -0.2) is 16.1 Å². The molecule has 0 atom stereocenters. The molecule has 1 N–H and O–H groups in total. The third kappa shape index (κ3) is 8.12. The van der Waals surface area contributed by atoms with Crippen molar-refractivity contribution in [1.29, 1.82) is 0 Å². The van der Waals surface area contributed by atoms with Gasteiger partial charge in [-0.25, -0.2) is 0 Å². The average Bonchev–Trinajstić information content (AvgIpc) is 3.23. The molecule has 0 aliphatic heterocycles. The molecule has 3 heteroatoms. The van der Waals surface area contributed by atoms with Gasteiger partial charge in [0.15, 0.2) is 0 Å². The number of aryl methyl sites for hydroxylation is 1. The fraction of sp³-hybridized carbons (Fsp3) is 0.233. The van der Waals surface area contributed by atoms with Crippen molar-refractivity contribution in [2.45, 2.75) is 47.0 Å². The van der Waals surface area contributed by atoms with E-state index < -0.39 is 0 Å². The van der Waals surface area contributed by atoms with Crippen molar-refractivity contribution >= 4 is 12.5 Å². The van der Waals surface area contributed by atoms with E-state index in [2.05, 4.69) is 97.8 Å². The summed E-state index contributed by atoms with van der Waals surface area (Å²) in [6, 6.07) is 21.9. The van der Waals surface area contributed by atoms with Gasteiger partial charge in [0.05, 0.1) is 0 Å². The molecule has 0 fully saturated rings. The molecule has 0 spiro atoms. The molecule has 1 heterocycles. The fourth-order valence-electron chi connectivity index (χ4n) is 3.65. The molecule has 0 unspecified atom stereocenters. The molecule has 0 aliphatic carbocycles. The van der Waals surface area contributed by atoms with Crippen LogP contribution in [0.2, 0.25) is 0 Å². The van der Waals surface area contributed by atoms with Gasteiger partial charge >= 0.3 is 0 Å². The number of hydrogen-bond donors (Lipinski definition) is 1. The second-order valence-electron chi connectivity index (χ2n) is 6.99. The Morgan fingerprint density at radius 1 is 0.939 bits per heavy atom. The third-order valence-electron chi connectivity index (χ3n) is 4.88. The first kappa shape index (κ1) is 27.4. The van der Waals surface area contributed by atoms with Crippen molar-refractivity contribution < 1.29 is 9.90 Å². The molecule has 174 valence electrons. The SMILES string of the molecule is C=C/C=C\C=C\c1cc(-c2ccccc2)c(CC)n1-c1cccc(CCC)c1.CC.O=CO. The number of nitrogens with zero attached hydrogens (tertiary/aromatic N) is 1. The lowest BCUT2D eigenvalue weighted by atomic mass is 10.0. The van der Waals surface area contributed by atoms with E-state index in [9.17, 15) is 0 Å². The van der Waals surface area contributed by atoms with Crippen molar-refractivity contribution in [3.8, 4) is 16.8 Å². The highest BCUT2D eigenvalue weighted by Gasteiger charge is 2.15. The minimum Gasteiger partial charge on any atom is -0.483 e. The van der Waals surface area contributed by atoms with Crippen LogP contribution >= 0.6 is 0 Å². The topological polar surface area (TPSA) is 42.2 Å². The molecular weight excluding hydrogens is 406 g/mol. The van der Waals surface area contributed by atoms with Gasteiger partial charge in [-0.15, -0.1) is 0 Å². The highest BCUT2D eigenvalue weighted by Crippen LogP contribution is 2.31. The minimum absolute atomic E-state index is 0.250. The maximum atomic E-state index is 8.36. The van der Waals surface area contributed by atoms with Gasteiger partial charge in [-0.2, -0.15) is 0 Å². The van der Waals surface area contributed by atoms with Gasteiger partial charge in [0.25, 0.3) is 6.47 Å². The summed E-state index contributed by atoms with van der Waals surface area (Å²) in [5.74, 6) is 0. The Morgan fingerprint density at radius 3 is 2.24 bits per heavy atom. The van der Waals surface area contributed by atoms with Crippen LogP contribution in [-0.2, 0) is 17.6 Å². The van der Waals surface area contributed by atoms with Crippen LogP contribution in [0.3, 0.4) is 0 Å². The molecule has 0 aliphatic rings. The van der Waals surface area contributed by atoms with Crippen molar-refractivity contribution in [3.05, 3.63) is 108 Å². The molecule has 3 aromatic rings. The summed E-state index contributed by atoms with van der Waals surface area (Å²) >= 11 is 0. The number of carbonyl (C=O) groups is 1. The Labute approximate surface area is 199 Å². The van der Waals surface area contributed by atoms with Crippen LogP contribution in [0.25, 0.3) is 22.9 Å². The number of carboxylic acid groups (broad SMARTS) is 1. The van der Waals surface area contributed by atoms with E-state index in [1.807, 2.05) is 26.0 Å². The van der Waals surface area contributed by atoms with Crippen LogP contribution < -0.4 is 0 Å². The van der Waals surface area contributed by atoms with E-state index in [4.69, 9.17) is 9.90 Å². The van der Waals surface area contributed by atoms with Crippen molar-refractivity contribution in [3.63, 3.8) is 0 Å². The summed E-state index contributed by atoms with van der Waals surface area (Å²) in [7, 11) is 0. The van der Waals surface area contributed by atoms with E-state index in [0.29, 0.717) is 0 Å². The molecular formula is C30H37NO2. The molecule has 0 amide bonds. The van der Waals surface area contributed by atoms with Crippen molar-refractivity contribution in [1.82, 2.24) is 4.57 Å². The second-order valence-corrected chi connectivity index (χ2v) is 6.99. The zero-order chi connectivity index (χ0) is 24.5. The van der Waals surface area contributed by atoms with E-state index in [-0.39, 0.29) is 6.47 Å². The number of allylic oxidation sites excluding steroid dienone is 4. The van der Waals surface area contributed by atoms with Gasteiger partial charge in [0, 0.05) is 22.6 Å². The van der Waals surface area contributed by atoms with Crippen LogP contribution in [0, 0.1) is 0 Å². The predicted octanol–water partition coefficient (Wildman–Crippen LogP) is 8.14. The molecule has 3 rings (SSSR count). The molecule has 33 heavy (non-hydrogen) atoms. The number of aromatic nitrogens is 1. The number of hydrogen-bond acceptors (Lipinski definition) is 1. The van der Waals surface area contributed by atoms with Gasteiger partial charge < -0.3 is 9.67 Å². The summed E-state index contributed by atoms with van der Waals surface area (Å²) in [6.07, 6.45) is 13.3. The number of benzene rings is 2. The third-order valence-corrected chi connectivity index (χ3v) is 4.88. The summed E-state index contributed by atoms with van der Waals surface area (Å²) in [5, 5.41) is 6.89. The van der Waals surface area contributed by atoms with Crippen LogP contribution in [0.15, 0.2) is 91.5 Å².